The van der Waals surface area contributed by atoms with Crippen LogP contribution in [0.2, 0.25) is 0 Å². The number of anilines is 1. The Hall–Kier alpha value is -3.07. The standard InChI is InChI=1S/C30H34N2O3/c33-29-21-24(11-17-30(34)15-5-2-6-16-30)27-10-9-26(22-28(27)35-29)32-19-13-25(14-20-32)31-18-12-23-7-3-1-4-8-23/h1,3-4,7-10,21-22,25,31,34H,2,5-6,12-16,18-20H2. The molecule has 0 bridgehead atoms. The fourth-order valence-electron chi connectivity index (χ4n) is 5.30. The third-order valence-electron chi connectivity index (χ3n) is 7.39. The summed E-state index contributed by atoms with van der Waals surface area (Å²) in [5, 5.41) is 15.3. The molecular formula is C30H34N2O3. The van der Waals surface area contributed by atoms with E-state index in [9.17, 15) is 9.90 Å². The number of hydrogen-bond donors (Lipinski definition) is 2. The number of nitrogens with zero attached hydrogens (tertiary/aromatic N) is 1. The molecule has 0 spiro atoms. The number of hydrogen-bond acceptors (Lipinski definition) is 5. The Labute approximate surface area is 207 Å². The molecule has 35 heavy (non-hydrogen) atoms. The van der Waals surface area contributed by atoms with E-state index in [0.29, 0.717) is 30.0 Å². The van der Waals surface area contributed by atoms with Crippen molar-refractivity contribution in [1.29, 1.82) is 0 Å². The van der Waals surface area contributed by atoms with Crippen LogP contribution in [0.4, 0.5) is 5.69 Å². The summed E-state index contributed by atoms with van der Waals surface area (Å²) < 4.78 is 5.54. The molecule has 1 aromatic heterocycles. The molecule has 0 atom stereocenters. The van der Waals surface area contributed by atoms with Gasteiger partial charge in [0.2, 0.25) is 0 Å². The van der Waals surface area contributed by atoms with Gasteiger partial charge in [-0.2, -0.15) is 0 Å². The first-order valence-electron chi connectivity index (χ1n) is 12.9. The molecule has 1 aliphatic heterocycles. The molecule has 2 N–H and O–H groups in total. The summed E-state index contributed by atoms with van der Waals surface area (Å²) in [6, 6.07) is 18.6. The van der Waals surface area contributed by atoms with Crippen LogP contribution in [0.1, 0.15) is 56.1 Å². The highest BCUT2D eigenvalue weighted by atomic mass is 16.4. The molecule has 5 nitrogen and oxygen atoms in total. The zero-order valence-electron chi connectivity index (χ0n) is 20.3. The average molecular weight is 471 g/mol. The van der Waals surface area contributed by atoms with Gasteiger partial charge in [0.05, 0.1) is 0 Å². The molecule has 0 radical (unpaired) electrons. The minimum atomic E-state index is -0.944. The van der Waals surface area contributed by atoms with Crippen molar-refractivity contribution in [2.75, 3.05) is 24.5 Å². The Morgan fingerprint density at radius 3 is 2.57 bits per heavy atom. The molecule has 3 aromatic rings. The van der Waals surface area contributed by atoms with E-state index in [1.807, 2.05) is 12.1 Å². The lowest BCUT2D eigenvalue weighted by Crippen LogP contribution is -2.43. The van der Waals surface area contributed by atoms with Crippen molar-refractivity contribution in [3.63, 3.8) is 0 Å². The van der Waals surface area contributed by atoms with Gasteiger partial charge in [-0.25, -0.2) is 4.79 Å². The Morgan fingerprint density at radius 2 is 1.80 bits per heavy atom. The molecule has 2 aromatic carbocycles. The van der Waals surface area contributed by atoms with Gasteiger partial charge >= 0.3 is 5.63 Å². The van der Waals surface area contributed by atoms with Crippen LogP contribution < -0.4 is 15.8 Å². The highest BCUT2D eigenvalue weighted by molar-refractivity contribution is 5.86. The van der Waals surface area contributed by atoms with Crippen LogP contribution in [-0.2, 0) is 6.42 Å². The molecule has 1 saturated heterocycles. The SMILES string of the molecule is O=c1cc(C#CC2(O)CCCCC2)c2ccc(N3CCC(NCCc4ccccc4)CC3)cc2o1. The number of nitrogens with one attached hydrogen (secondary N) is 1. The van der Waals surface area contributed by atoms with E-state index in [1.165, 1.54) is 11.6 Å². The molecule has 0 amide bonds. The summed E-state index contributed by atoms with van der Waals surface area (Å²) in [4.78, 5) is 14.6. The van der Waals surface area contributed by atoms with Crippen LogP contribution in [0.15, 0.2) is 63.8 Å². The van der Waals surface area contributed by atoms with Crippen LogP contribution in [0.3, 0.4) is 0 Å². The topological polar surface area (TPSA) is 65.7 Å². The van der Waals surface area contributed by atoms with Crippen molar-refractivity contribution in [3.8, 4) is 11.8 Å². The van der Waals surface area contributed by atoms with E-state index in [2.05, 4.69) is 58.5 Å². The van der Waals surface area contributed by atoms with Crippen molar-refractivity contribution in [3.05, 3.63) is 76.1 Å². The van der Waals surface area contributed by atoms with Crippen molar-refractivity contribution in [2.24, 2.45) is 0 Å². The summed E-state index contributed by atoms with van der Waals surface area (Å²) in [6.45, 7) is 2.92. The van der Waals surface area contributed by atoms with Crippen LogP contribution in [-0.4, -0.2) is 36.4 Å². The molecule has 1 aliphatic carbocycles. The van der Waals surface area contributed by atoms with Crippen LogP contribution >= 0.6 is 0 Å². The number of piperidine rings is 1. The maximum Gasteiger partial charge on any atom is 0.337 e. The number of aliphatic hydroxyl groups is 1. The normalized spacial score (nSPS) is 18.3. The maximum atomic E-state index is 12.2. The van der Waals surface area contributed by atoms with E-state index in [4.69, 9.17) is 4.42 Å². The molecule has 2 heterocycles. The minimum Gasteiger partial charge on any atom is -0.423 e. The average Bonchev–Trinajstić information content (AvgIpc) is 2.88. The quantitative estimate of drug-likeness (QED) is 0.420. The van der Waals surface area contributed by atoms with Crippen molar-refractivity contribution in [1.82, 2.24) is 5.32 Å². The monoisotopic (exact) mass is 470 g/mol. The lowest BCUT2D eigenvalue weighted by Gasteiger charge is -2.34. The van der Waals surface area contributed by atoms with E-state index in [1.54, 1.807) is 0 Å². The van der Waals surface area contributed by atoms with Gasteiger partial charge in [-0.05, 0) is 69.2 Å². The number of benzene rings is 2. The third kappa shape index (κ3) is 5.96. The van der Waals surface area contributed by atoms with Crippen LogP contribution in [0, 0.1) is 11.8 Å². The smallest absolute Gasteiger partial charge is 0.337 e. The highest BCUT2D eigenvalue weighted by Gasteiger charge is 2.26. The third-order valence-corrected chi connectivity index (χ3v) is 7.39. The van der Waals surface area contributed by atoms with Gasteiger partial charge in [-0.3, -0.25) is 0 Å². The molecule has 5 heteroatoms. The van der Waals surface area contributed by atoms with Crippen molar-refractivity contribution < 1.29 is 9.52 Å². The fraction of sp³-hybridized carbons (Fsp3) is 0.433. The first-order valence-corrected chi connectivity index (χ1v) is 12.9. The Morgan fingerprint density at radius 1 is 1.03 bits per heavy atom. The van der Waals surface area contributed by atoms with E-state index in [0.717, 1.165) is 69.2 Å². The van der Waals surface area contributed by atoms with Gasteiger partial charge in [0.15, 0.2) is 0 Å². The number of rotatable bonds is 5. The Kier molecular flexibility index (Phi) is 7.22. The van der Waals surface area contributed by atoms with Crippen LogP contribution in [0.5, 0.6) is 0 Å². The van der Waals surface area contributed by atoms with Gasteiger partial charge in [0.1, 0.15) is 11.2 Å². The predicted octanol–water partition coefficient (Wildman–Crippen LogP) is 4.64. The maximum absolute atomic E-state index is 12.2. The zero-order chi connectivity index (χ0) is 24.1. The van der Waals surface area contributed by atoms with Gasteiger partial charge in [-0.15, -0.1) is 0 Å². The summed E-state index contributed by atoms with van der Waals surface area (Å²) in [7, 11) is 0. The predicted molar refractivity (Wildman–Crippen MR) is 141 cm³/mol. The van der Waals surface area contributed by atoms with Gasteiger partial charge in [-0.1, -0.05) is 48.6 Å². The summed E-state index contributed by atoms with van der Waals surface area (Å²) in [5.74, 6) is 6.14. The second-order valence-corrected chi connectivity index (χ2v) is 9.95. The molecule has 1 saturated carbocycles. The molecular weight excluding hydrogens is 436 g/mol. The molecule has 0 unspecified atom stereocenters. The van der Waals surface area contributed by atoms with Gasteiger partial charge in [0.25, 0.3) is 0 Å². The van der Waals surface area contributed by atoms with Crippen molar-refractivity contribution in [2.45, 2.75) is 63.0 Å². The summed E-state index contributed by atoms with van der Waals surface area (Å²) in [5.41, 5.74) is 2.27. The van der Waals surface area contributed by atoms with Gasteiger partial charge in [0, 0.05) is 47.9 Å². The molecule has 2 fully saturated rings. The van der Waals surface area contributed by atoms with E-state index < -0.39 is 11.2 Å². The fourth-order valence-corrected chi connectivity index (χ4v) is 5.30. The zero-order valence-corrected chi connectivity index (χ0v) is 20.3. The van der Waals surface area contributed by atoms with E-state index >= 15 is 0 Å². The molecule has 182 valence electrons. The Balaban J connectivity index is 1.23. The van der Waals surface area contributed by atoms with Crippen LogP contribution in [0.25, 0.3) is 11.0 Å². The summed E-state index contributed by atoms with van der Waals surface area (Å²) in [6.07, 6.45) is 7.73. The number of fused-ring (bicyclic) bond motifs is 1. The minimum absolute atomic E-state index is 0.407. The second-order valence-electron chi connectivity index (χ2n) is 9.95. The Bertz CT molecular complexity index is 1260. The molecule has 2 aliphatic rings. The van der Waals surface area contributed by atoms with Gasteiger partial charge < -0.3 is 19.7 Å². The van der Waals surface area contributed by atoms with E-state index in [-0.39, 0.29) is 0 Å². The first kappa shape index (κ1) is 23.7. The highest BCUT2D eigenvalue weighted by Crippen LogP contribution is 2.29. The second kappa shape index (κ2) is 10.7. The lowest BCUT2D eigenvalue weighted by atomic mass is 9.85. The van der Waals surface area contributed by atoms with Crippen molar-refractivity contribution >= 4 is 16.7 Å². The largest absolute Gasteiger partial charge is 0.423 e. The molecule has 5 rings (SSSR count). The summed E-state index contributed by atoms with van der Waals surface area (Å²) >= 11 is 0. The first-order chi connectivity index (χ1) is 17.1. The lowest BCUT2D eigenvalue weighted by molar-refractivity contribution is 0.0610.